The van der Waals surface area contributed by atoms with Gasteiger partial charge in [-0.15, -0.1) is 11.8 Å². The first-order chi connectivity index (χ1) is 18.8. The topological polar surface area (TPSA) is 104 Å². The van der Waals surface area contributed by atoms with Crippen LogP contribution in [0.25, 0.3) is 10.9 Å². The zero-order valence-corrected chi connectivity index (χ0v) is 22.1. The van der Waals surface area contributed by atoms with E-state index >= 15 is 4.39 Å². The Morgan fingerprint density at radius 2 is 2.03 bits per heavy atom. The molecule has 3 aliphatic heterocycles. The molecule has 0 aliphatic carbocycles. The highest BCUT2D eigenvalue weighted by atomic mass is 32.2. The van der Waals surface area contributed by atoms with Crippen LogP contribution < -0.4 is 15.8 Å². The molecule has 0 saturated carbocycles. The molecule has 3 aromatic rings. The summed E-state index contributed by atoms with van der Waals surface area (Å²) in [7, 11) is 0. The average molecular weight is 553 g/mol. The van der Waals surface area contributed by atoms with Crippen LogP contribution in [-0.2, 0) is 21.7 Å². The lowest BCUT2D eigenvalue weighted by atomic mass is 9.96. The number of hydrogen-bond donors (Lipinski definition) is 2. The molecule has 11 heteroatoms. The number of alkyl halides is 1. The van der Waals surface area contributed by atoms with Gasteiger partial charge in [-0.3, -0.25) is 19.4 Å². The first-order valence-electron chi connectivity index (χ1n) is 13.0. The van der Waals surface area contributed by atoms with Gasteiger partial charge >= 0.3 is 6.09 Å². The fourth-order valence-electron chi connectivity index (χ4n) is 5.71. The third kappa shape index (κ3) is 4.90. The number of cyclic esters (lactones) is 1. The number of aliphatic hydroxyl groups is 1. The fraction of sp³-hybridized carbons (Fsp3) is 0.393. The molecule has 0 radical (unpaired) electrons. The number of nitrogens with zero attached hydrogens (tertiary/aromatic N) is 3. The van der Waals surface area contributed by atoms with Crippen molar-refractivity contribution in [3.63, 3.8) is 0 Å². The summed E-state index contributed by atoms with van der Waals surface area (Å²) in [5.74, 6) is 0.289. The van der Waals surface area contributed by atoms with Crippen LogP contribution in [0.4, 0.5) is 20.6 Å². The summed E-state index contributed by atoms with van der Waals surface area (Å²) in [4.78, 5) is 41.4. The number of carbonyl (C=O) groups is 2. The van der Waals surface area contributed by atoms with E-state index in [4.69, 9.17) is 4.74 Å². The maximum Gasteiger partial charge on any atom is 0.414 e. The molecule has 2 N–H and O–H groups in total. The van der Waals surface area contributed by atoms with Crippen molar-refractivity contribution in [2.75, 3.05) is 48.8 Å². The summed E-state index contributed by atoms with van der Waals surface area (Å²) < 4.78 is 23.7. The van der Waals surface area contributed by atoms with Gasteiger partial charge in [-0.2, -0.15) is 0 Å². The largest absolute Gasteiger partial charge is 0.444 e. The number of aliphatic hydroxyl groups excluding tert-OH is 1. The van der Waals surface area contributed by atoms with E-state index in [9.17, 15) is 19.5 Å². The Hall–Kier alpha value is -3.41. The standard InChI is InChI=1S/C28H29FN4O5S/c29-28(17-33-25(36)8-5-18-3-1-4-21(28)26(18)33)16-31(10-2-12-34)11-9-20-14-32(27(37)38-20)19-6-7-23-22(13-19)30-24(35)15-39-23/h1,3-8,13,20,34H,2,9-12,14-17H2,(H,30,35)/t20-,28?/m0/s1. The third-order valence-corrected chi connectivity index (χ3v) is 8.63. The van der Waals surface area contributed by atoms with Gasteiger partial charge in [0, 0.05) is 48.5 Å². The molecule has 9 nitrogen and oxygen atoms in total. The van der Waals surface area contributed by atoms with Crippen molar-refractivity contribution >= 4 is 46.0 Å². The van der Waals surface area contributed by atoms with Gasteiger partial charge in [0.25, 0.3) is 5.56 Å². The molecule has 2 aromatic carbocycles. The van der Waals surface area contributed by atoms with Gasteiger partial charge < -0.3 is 19.7 Å². The molecule has 3 aliphatic rings. The second-order valence-corrected chi connectivity index (χ2v) is 11.3. The maximum atomic E-state index is 16.6. The van der Waals surface area contributed by atoms with Gasteiger partial charge in [0.15, 0.2) is 5.67 Å². The van der Waals surface area contributed by atoms with Crippen molar-refractivity contribution in [1.82, 2.24) is 9.47 Å². The molecule has 2 atom stereocenters. The van der Waals surface area contributed by atoms with Gasteiger partial charge in [-0.25, -0.2) is 9.18 Å². The molecule has 4 heterocycles. The van der Waals surface area contributed by atoms with Crippen LogP contribution in [0.15, 0.2) is 58.2 Å². The number of halogens is 1. The Morgan fingerprint density at radius 1 is 1.15 bits per heavy atom. The zero-order chi connectivity index (χ0) is 27.1. The predicted octanol–water partition coefficient (Wildman–Crippen LogP) is 3.32. The highest BCUT2D eigenvalue weighted by molar-refractivity contribution is 8.00. The number of pyridine rings is 1. The number of rotatable bonds is 9. The van der Waals surface area contributed by atoms with E-state index in [0.717, 1.165) is 10.3 Å². The second-order valence-electron chi connectivity index (χ2n) is 10.2. The Kier molecular flexibility index (Phi) is 6.82. The lowest BCUT2D eigenvalue weighted by Crippen LogP contribution is -2.41. The van der Waals surface area contributed by atoms with E-state index < -0.39 is 17.9 Å². The molecular weight excluding hydrogens is 523 g/mol. The van der Waals surface area contributed by atoms with Crippen molar-refractivity contribution in [3.05, 3.63) is 64.4 Å². The number of aromatic nitrogens is 1. The van der Waals surface area contributed by atoms with Crippen LogP contribution in [0, 0.1) is 0 Å². The van der Waals surface area contributed by atoms with Crippen LogP contribution in [0.5, 0.6) is 0 Å². The highest BCUT2D eigenvalue weighted by Crippen LogP contribution is 2.40. The quantitative estimate of drug-likeness (QED) is 0.420. The summed E-state index contributed by atoms with van der Waals surface area (Å²) in [5.41, 5.74) is 0.477. The van der Waals surface area contributed by atoms with Crippen LogP contribution >= 0.6 is 11.8 Å². The van der Waals surface area contributed by atoms with Crippen LogP contribution in [0.2, 0.25) is 0 Å². The highest BCUT2D eigenvalue weighted by Gasteiger charge is 2.42. The molecule has 1 aromatic heterocycles. The van der Waals surface area contributed by atoms with Crippen molar-refractivity contribution in [2.45, 2.75) is 36.1 Å². The molecule has 1 fully saturated rings. The van der Waals surface area contributed by atoms with Gasteiger partial charge in [0.05, 0.1) is 30.0 Å². The lowest BCUT2D eigenvalue weighted by Gasteiger charge is -2.30. The smallest absolute Gasteiger partial charge is 0.414 e. The Morgan fingerprint density at radius 3 is 2.87 bits per heavy atom. The number of fused-ring (bicyclic) bond motifs is 1. The SMILES string of the molecule is O=C1CSc2ccc(N3C[C@H](CCN(CCCO)CC4(F)Cn5c(=O)ccc6cccc4c65)OC3=O)cc2N1. The first kappa shape index (κ1) is 25.8. The van der Waals surface area contributed by atoms with Crippen molar-refractivity contribution in [1.29, 1.82) is 0 Å². The number of hydrogen-bond acceptors (Lipinski definition) is 7. The molecule has 6 rings (SSSR count). The summed E-state index contributed by atoms with van der Waals surface area (Å²) in [6.07, 6.45) is 0.105. The number of nitrogens with one attached hydrogen (secondary N) is 1. The van der Waals surface area contributed by atoms with Gasteiger partial charge in [0.1, 0.15) is 6.10 Å². The van der Waals surface area contributed by atoms with Crippen molar-refractivity contribution in [3.8, 4) is 0 Å². The molecule has 2 amide bonds. The Labute approximate surface area is 228 Å². The monoisotopic (exact) mass is 552 g/mol. The summed E-state index contributed by atoms with van der Waals surface area (Å²) in [6, 6.07) is 14.1. The van der Waals surface area contributed by atoms with Gasteiger partial charge in [-0.05, 0) is 42.5 Å². The number of anilines is 2. The average Bonchev–Trinajstić information content (AvgIpc) is 3.45. The number of carbonyl (C=O) groups excluding carboxylic acids is 2. The van der Waals surface area contributed by atoms with Crippen molar-refractivity contribution in [2.24, 2.45) is 0 Å². The summed E-state index contributed by atoms with van der Waals surface area (Å²) in [5, 5.41) is 13.1. The predicted molar refractivity (Wildman–Crippen MR) is 147 cm³/mol. The maximum absolute atomic E-state index is 16.6. The van der Waals surface area contributed by atoms with E-state index in [-0.39, 0.29) is 31.2 Å². The minimum absolute atomic E-state index is 0.0234. The number of ether oxygens (including phenoxy) is 1. The Bertz CT molecular complexity index is 1510. The number of thioether (sulfide) groups is 1. The number of para-hydroxylation sites is 1. The summed E-state index contributed by atoms with van der Waals surface area (Å²) >= 11 is 1.46. The number of amides is 2. The molecule has 204 valence electrons. The van der Waals surface area contributed by atoms with E-state index in [0.29, 0.717) is 60.7 Å². The Balaban J connectivity index is 1.14. The van der Waals surface area contributed by atoms with Crippen molar-refractivity contribution < 1.29 is 23.8 Å². The van der Waals surface area contributed by atoms with Gasteiger partial charge in [0.2, 0.25) is 5.91 Å². The van der Waals surface area contributed by atoms with Crippen LogP contribution in [0.3, 0.4) is 0 Å². The number of benzene rings is 2. The molecule has 0 spiro atoms. The van der Waals surface area contributed by atoms with E-state index in [1.54, 1.807) is 23.1 Å². The minimum atomic E-state index is -1.76. The second kappa shape index (κ2) is 10.3. The van der Waals surface area contributed by atoms with Gasteiger partial charge in [-0.1, -0.05) is 18.2 Å². The van der Waals surface area contributed by atoms with Crippen LogP contribution in [0.1, 0.15) is 18.4 Å². The molecule has 1 saturated heterocycles. The third-order valence-electron chi connectivity index (χ3n) is 7.56. The molecule has 1 unspecified atom stereocenters. The summed E-state index contributed by atoms with van der Waals surface area (Å²) in [6.45, 7) is 1.24. The fourth-order valence-corrected chi connectivity index (χ4v) is 6.50. The van der Waals surface area contributed by atoms with E-state index in [1.807, 2.05) is 29.2 Å². The van der Waals surface area contributed by atoms with E-state index in [1.165, 1.54) is 22.4 Å². The van der Waals surface area contributed by atoms with E-state index in [2.05, 4.69) is 5.32 Å². The molecule has 0 bridgehead atoms. The lowest BCUT2D eigenvalue weighted by molar-refractivity contribution is -0.113. The molecular formula is C28H29FN4O5S. The molecule has 39 heavy (non-hydrogen) atoms. The minimum Gasteiger partial charge on any atom is -0.444 e. The van der Waals surface area contributed by atoms with Crippen LogP contribution in [-0.4, -0.2) is 71.2 Å². The zero-order valence-electron chi connectivity index (χ0n) is 21.3. The first-order valence-corrected chi connectivity index (χ1v) is 14.0. The normalized spacial score (nSPS) is 21.9.